The summed E-state index contributed by atoms with van der Waals surface area (Å²) in [5.41, 5.74) is 9.06. The Morgan fingerprint density at radius 2 is 2.00 bits per heavy atom. The van der Waals surface area contributed by atoms with Gasteiger partial charge >= 0.3 is 5.97 Å². The van der Waals surface area contributed by atoms with Crippen molar-refractivity contribution in [1.29, 1.82) is 0 Å². The number of nitrogens with zero attached hydrogens (tertiary/aromatic N) is 3. The summed E-state index contributed by atoms with van der Waals surface area (Å²) in [5.74, 6) is 0.627. The molecule has 0 saturated heterocycles. The van der Waals surface area contributed by atoms with E-state index in [2.05, 4.69) is 10.1 Å². The molecule has 0 amide bonds. The van der Waals surface area contributed by atoms with Gasteiger partial charge in [-0.2, -0.15) is 4.98 Å². The van der Waals surface area contributed by atoms with E-state index in [4.69, 9.17) is 20.1 Å². The Balaban J connectivity index is 1.58. The summed E-state index contributed by atoms with van der Waals surface area (Å²) in [7, 11) is 0. The third-order valence-electron chi connectivity index (χ3n) is 4.64. The van der Waals surface area contributed by atoms with Gasteiger partial charge < -0.3 is 24.7 Å². The van der Waals surface area contributed by atoms with Crippen molar-refractivity contribution in [3.05, 3.63) is 48.7 Å². The molecule has 2 aromatic carbocycles. The molecule has 4 aromatic rings. The Hall–Kier alpha value is -3.81. The highest BCUT2D eigenvalue weighted by atomic mass is 16.5. The lowest BCUT2D eigenvalue weighted by Crippen LogP contribution is -2.07. The fraction of sp³-hybridized carbons (Fsp3) is 0.227. The first-order valence-corrected chi connectivity index (χ1v) is 9.62. The van der Waals surface area contributed by atoms with Crippen molar-refractivity contribution in [3.63, 3.8) is 0 Å². The number of ether oxygens (including phenoxy) is 1. The smallest absolute Gasteiger partial charge is 0.305 e. The summed E-state index contributed by atoms with van der Waals surface area (Å²) >= 11 is 0. The number of carbonyl (C=O) groups is 1. The van der Waals surface area contributed by atoms with E-state index in [1.54, 1.807) is 12.1 Å². The molecular weight excluding hydrogens is 384 g/mol. The molecule has 4 rings (SSSR count). The number of benzene rings is 2. The molecule has 30 heavy (non-hydrogen) atoms. The SMILES string of the molecule is CC(C)Oc1ccc(-c2nc(-c3ccc4c(ccn4CCC(=O)O)c3)no2)cc1N. The van der Waals surface area contributed by atoms with Crippen molar-refractivity contribution in [2.24, 2.45) is 0 Å². The topological polar surface area (TPSA) is 116 Å². The van der Waals surface area contributed by atoms with Crippen molar-refractivity contribution >= 4 is 22.6 Å². The minimum atomic E-state index is -0.822. The van der Waals surface area contributed by atoms with Crippen LogP contribution in [-0.2, 0) is 11.3 Å². The van der Waals surface area contributed by atoms with Crippen LogP contribution in [0.1, 0.15) is 20.3 Å². The zero-order chi connectivity index (χ0) is 21.3. The van der Waals surface area contributed by atoms with Gasteiger partial charge in [0, 0.05) is 34.8 Å². The molecule has 0 saturated carbocycles. The van der Waals surface area contributed by atoms with Crippen molar-refractivity contribution in [1.82, 2.24) is 14.7 Å². The highest BCUT2D eigenvalue weighted by molar-refractivity contribution is 5.85. The summed E-state index contributed by atoms with van der Waals surface area (Å²) in [6.45, 7) is 4.30. The number of carboxylic acids is 1. The molecule has 8 heteroatoms. The Morgan fingerprint density at radius 1 is 1.20 bits per heavy atom. The number of aliphatic carboxylic acids is 1. The van der Waals surface area contributed by atoms with E-state index in [-0.39, 0.29) is 12.5 Å². The fourth-order valence-electron chi connectivity index (χ4n) is 3.25. The van der Waals surface area contributed by atoms with Crippen LogP contribution in [0, 0.1) is 0 Å². The first-order chi connectivity index (χ1) is 14.4. The minimum absolute atomic E-state index is 0.0297. The highest BCUT2D eigenvalue weighted by Crippen LogP contribution is 2.30. The molecule has 0 aliphatic heterocycles. The van der Waals surface area contributed by atoms with Gasteiger partial charge in [0.2, 0.25) is 5.82 Å². The van der Waals surface area contributed by atoms with Crippen LogP contribution in [0.4, 0.5) is 5.69 Å². The van der Waals surface area contributed by atoms with Crippen molar-refractivity contribution in [3.8, 4) is 28.6 Å². The average molecular weight is 406 g/mol. The highest BCUT2D eigenvalue weighted by Gasteiger charge is 2.14. The molecule has 0 aliphatic rings. The zero-order valence-corrected chi connectivity index (χ0v) is 16.7. The predicted octanol–water partition coefficient (Wildman–Crippen LogP) is 4.20. The number of carboxylic acid groups (broad SMARTS) is 1. The quantitative estimate of drug-likeness (QED) is 0.442. The third kappa shape index (κ3) is 3.98. The standard InChI is InChI=1S/C22H22N4O4/c1-13(2)29-19-6-4-16(12-17(19)23)22-24-21(25-30-22)15-3-5-18-14(11-15)7-9-26(18)10-8-20(27)28/h3-7,9,11-13H,8,10,23H2,1-2H3,(H,27,28). The summed E-state index contributed by atoms with van der Waals surface area (Å²) in [5, 5.41) is 14.0. The molecule has 8 nitrogen and oxygen atoms in total. The number of hydrogen-bond donors (Lipinski definition) is 2. The number of aryl methyl sites for hydroxylation is 1. The van der Waals surface area contributed by atoms with Crippen LogP contribution in [0.2, 0.25) is 0 Å². The van der Waals surface area contributed by atoms with Gasteiger partial charge in [-0.15, -0.1) is 0 Å². The molecule has 0 radical (unpaired) electrons. The zero-order valence-electron chi connectivity index (χ0n) is 16.7. The number of fused-ring (bicyclic) bond motifs is 1. The third-order valence-corrected chi connectivity index (χ3v) is 4.64. The van der Waals surface area contributed by atoms with Crippen LogP contribution in [0.25, 0.3) is 33.7 Å². The van der Waals surface area contributed by atoms with Crippen LogP contribution >= 0.6 is 0 Å². The molecule has 0 atom stereocenters. The first-order valence-electron chi connectivity index (χ1n) is 9.62. The van der Waals surface area contributed by atoms with Crippen LogP contribution in [0.15, 0.2) is 53.2 Å². The molecule has 154 valence electrons. The minimum Gasteiger partial charge on any atom is -0.489 e. The second-order valence-electron chi connectivity index (χ2n) is 7.27. The molecule has 2 aromatic heterocycles. The van der Waals surface area contributed by atoms with E-state index >= 15 is 0 Å². The Bertz CT molecular complexity index is 1210. The van der Waals surface area contributed by atoms with Crippen LogP contribution in [-0.4, -0.2) is 31.9 Å². The largest absolute Gasteiger partial charge is 0.489 e. The van der Waals surface area contributed by atoms with Crippen LogP contribution < -0.4 is 10.5 Å². The van der Waals surface area contributed by atoms with Gasteiger partial charge in [-0.05, 0) is 56.3 Å². The summed E-state index contributed by atoms with van der Waals surface area (Å²) in [6, 6.07) is 13.1. The number of anilines is 1. The first kappa shape index (κ1) is 19.5. The van der Waals surface area contributed by atoms with Crippen LogP contribution in [0.3, 0.4) is 0 Å². The molecule has 0 aliphatic carbocycles. The summed E-state index contributed by atoms with van der Waals surface area (Å²) in [4.78, 5) is 15.3. The van der Waals surface area contributed by atoms with E-state index < -0.39 is 5.97 Å². The second kappa shape index (κ2) is 7.90. The number of aromatic nitrogens is 3. The fourth-order valence-corrected chi connectivity index (χ4v) is 3.25. The van der Waals surface area contributed by atoms with Crippen molar-refractivity contribution in [2.75, 3.05) is 5.73 Å². The van der Waals surface area contributed by atoms with Gasteiger partial charge in [-0.3, -0.25) is 4.79 Å². The van der Waals surface area contributed by atoms with Gasteiger partial charge in [0.1, 0.15) is 5.75 Å². The molecular formula is C22H22N4O4. The van der Waals surface area contributed by atoms with E-state index in [0.29, 0.717) is 35.3 Å². The van der Waals surface area contributed by atoms with Gasteiger partial charge in [-0.1, -0.05) is 5.16 Å². The molecule has 0 unspecified atom stereocenters. The Labute approximate surface area is 172 Å². The van der Waals surface area contributed by atoms with Gasteiger partial charge in [0.05, 0.1) is 18.2 Å². The molecule has 0 fully saturated rings. The van der Waals surface area contributed by atoms with Gasteiger partial charge in [0.15, 0.2) is 0 Å². The van der Waals surface area contributed by atoms with Gasteiger partial charge in [-0.25, -0.2) is 0 Å². The maximum Gasteiger partial charge on any atom is 0.305 e. The van der Waals surface area contributed by atoms with Crippen molar-refractivity contribution < 1.29 is 19.2 Å². The summed E-state index contributed by atoms with van der Waals surface area (Å²) in [6.07, 6.45) is 1.98. The maximum atomic E-state index is 10.8. The van der Waals surface area contributed by atoms with E-state index in [0.717, 1.165) is 16.5 Å². The maximum absolute atomic E-state index is 10.8. The predicted molar refractivity (Wildman–Crippen MR) is 113 cm³/mol. The van der Waals surface area contributed by atoms with Gasteiger partial charge in [0.25, 0.3) is 5.89 Å². The molecule has 3 N–H and O–H groups in total. The Kier molecular flexibility index (Phi) is 5.14. The molecule has 0 spiro atoms. The Morgan fingerprint density at radius 3 is 2.73 bits per heavy atom. The second-order valence-corrected chi connectivity index (χ2v) is 7.27. The van der Waals surface area contributed by atoms with E-state index in [1.165, 1.54) is 0 Å². The molecule has 0 bridgehead atoms. The number of hydrogen-bond acceptors (Lipinski definition) is 6. The number of nitrogens with two attached hydrogens (primary N) is 1. The van der Waals surface area contributed by atoms with Crippen LogP contribution in [0.5, 0.6) is 5.75 Å². The molecule has 2 heterocycles. The lowest BCUT2D eigenvalue weighted by atomic mass is 10.1. The van der Waals surface area contributed by atoms with E-state index in [9.17, 15) is 4.79 Å². The number of nitrogen functional groups attached to an aromatic ring is 1. The van der Waals surface area contributed by atoms with E-state index in [1.807, 2.05) is 54.9 Å². The monoisotopic (exact) mass is 406 g/mol. The van der Waals surface area contributed by atoms with Crippen molar-refractivity contribution in [2.45, 2.75) is 32.9 Å². The lowest BCUT2D eigenvalue weighted by Gasteiger charge is -2.12. The average Bonchev–Trinajstić information content (AvgIpc) is 3.34. The lowest BCUT2D eigenvalue weighted by molar-refractivity contribution is -0.137. The normalized spacial score (nSPS) is 11.3. The summed E-state index contributed by atoms with van der Waals surface area (Å²) < 4.78 is 13.0. The number of rotatable bonds is 7.